The summed E-state index contributed by atoms with van der Waals surface area (Å²) in [6, 6.07) is 18.7. The Morgan fingerprint density at radius 2 is 1.88 bits per heavy atom. The van der Waals surface area contributed by atoms with Crippen LogP contribution in [-0.4, -0.2) is 51.3 Å². The lowest BCUT2D eigenvalue weighted by molar-refractivity contribution is -0.127. The van der Waals surface area contributed by atoms with E-state index in [-0.39, 0.29) is 12.6 Å². The van der Waals surface area contributed by atoms with E-state index >= 15 is 0 Å². The zero-order valence-corrected chi connectivity index (χ0v) is 22.6. The second-order valence-electron chi connectivity index (χ2n) is 9.53. The topological polar surface area (TPSA) is 102 Å². The number of hydrogen-bond acceptors (Lipinski definition) is 6. The van der Waals surface area contributed by atoms with Crippen LogP contribution in [0.4, 0.5) is 10.1 Å². The number of aromatic nitrogens is 4. The third kappa shape index (κ3) is 6.35. The number of hydrogen-bond donors (Lipinski definition) is 1. The van der Waals surface area contributed by atoms with Crippen LogP contribution in [-0.2, 0) is 20.9 Å². The first-order valence-electron chi connectivity index (χ1n) is 13.0. The molecule has 1 saturated heterocycles. The Morgan fingerprint density at radius 3 is 2.58 bits per heavy atom. The highest BCUT2D eigenvalue weighted by molar-refractivity contribution is 6.30. The molecule has 206 valence electrons. The van der Waals surface area contributed by atoms with Crippen molar-refractivity contribution in [2.75, 3.05) is 18.1 Å². The molecule has 40 heavy (non-hydrogen) atoms. The zero-order valence-electron chi connectivity index (χ0n) is 21.8. The van der Waals surface area contributed by atoms with Crippen molar-refractivity contribution in [1.29, 1.82) is 0 Å². The Bertz CT molecular complexity index is 1470. The predicted octanol–water partition coefficient (Wildman–Crippen LogP) is 4.51. The number of nitrogens with zero attached hydrogens (tertiary/aromatic N) is 5. The second-order valence-corrected chi connectivity index (χ2v) is 9.97. The van der Waals surface area contributed by atoms with E-state index in [1.54, 1.807) is 36.4 Å². The monoisotopic (exact) mass is 562 g/mol. The van der Waals surface area contributed by atoms with Gasteiger partial charge in [-0.1, -0.05) is 41.9 Å². The van der Waals surface area contributed by atoms with E-state index in [2.05, 4.69) is 20.7 Å². The van der Waals surface area contributed by atoms with Crippen LogP contribution in [0, 0.1) is 12.7 Å². The molecular weight excluding hydrogens is 535 g/mol. The molecule has 0 aliphatic carbocycles. The molecule has 0 unspecified atom stereocenters. The minimum absolute atomic E-state index is 0.0916. The van der Waals surface area contributed by atoms with Crippen molar-refractivity contribution in [2.24, 2.45) is 0 Å². The predicted molar refractivity (Wildman–Crippen MR) is 148 cm³/mol. The maximum Gasteiger partial charge on any atom is 0.251 e. The first kappa shape index (κ1) is 27.4. The van der Waals surface area contributed by atoms with Crippen LogP contribution in [0.5, 0.6) is 0 Å². The highest BCUT2D eigenvalue weighted by atomic mass is 35.5. The van der Waals surface area contributed by atoms with Gasteiger partial charge in [0.25, 0.3) is 5.91 Å². The van der Waals surface area contributed by atoms with Crippen molar-refractivity contribution in [3.63, 3.8) is 0 Å². The molecule has 11 heteroatoms. The Morgan fingerprint density at radius 1 is 1.12 bits per heavy atom. The second kappa shape index (κ2) is 12.4. The molecular formula is C29H28ClFN6O3. The molecule has 2 amide bonds. The number of halogens is 2. The summed E-state index contributed by atoms with van der Waals surface area (Å²) in [4.78, 5) is 30.4. The fourth-order valence-corrected chi connectivity index (χ4v) is 4.78. The Kier molecular flexibility index (Phi) is 8.47. The van der Waals surface area contributed by atoms with Gasteiger partial charge in [0.1, 0.15) is 18.4 Å². The summed E-state index contributed by atoms with van der Waals surface area (Å²) in [7, 11) is 0. The fourth-order valence-electron chi connectivity index (χ4n) is 4.65. The average Bonchev–Trinajstić information content (AvgIpc) is 3.65. The van der Waals surface area contributed by atoms with E-state index in [1.807, 2.05) is 19.1 Å². The van der Waals surface area contributed by atoms with Gasteiger partial charge in [0.15, 0.2) is 0 Å². The van der Waals surface area contributed by atoms with E-state index in [9.17, 15) is 14.0 Å². The number of nitrogens with one attached hydrogen (secondary N) is 1. The molecule has 3 aromatic carbocycles. The van der Waals surface area contributed by atoms with Crippen molar-refractivity contribution < 1.29 is 18.7 Å². The molecule has 1 N–H and O–H groups in total. The minimum atomic E-state index is -1.09. The van der Waals surface area contributed by atoms with Gasteiger partial charge in [-0.2, -0.15) is 4.80 Å². The molecule has 1 aromatic heterocycles. The number of anilines is 1. The van der Waals surface area contributed by atoms with Crippen molar-refractivity contribution in [2.45, 2.75) is 38.5 Å². The Hall–Kier alpha value is -4.15. The summed E-state index contributed by atoms with van der Waals surface area (Å²) >= 11 is 5.98. The molecule has 0 radical (unpaired) electrons. The highest BCUT2D eigenvalue weighted by Crippen LogP contribution is 2.31. The molecule has 5 rings (SSSR count). The van der Waals surface area contributed by atoms with Gasteiger partial charge < -0.3 is 10.1 Å². The Balaban J connectivity index is 1.48. The number of amides is 2. The molecule has 1 fully saturated rings. The van der Waals surface area contributed by atoms with Crippen molar-refractivity contribution in [3.05, 3.63) is 94.8 Å². The molecule has 2 heterocycles. The summed E-state index contributed by atoms with van der Waals surface area (Å²) in [6.07, 6.45) is 1.68. The minimum Gasteiger partial charge on any atom is -0.376 e. The third-order valence-corrected chi connectivity index (χ3v) is 6.95. The zero-order chi connectivity index (χ0) is 28.1. The number of carbonyl (C=O) groups excluding carboxylic acids is 2. The molecule has 2 atom stereocenters. The van der Waals surface area contributed by atoms with E-state index < -0.39 is 23.7 Å². The van der Waals surface area contributed by atoms with Crippen molar-refractivity contribution in [3.8, 4) is 11.4 Å². The third-order valence-electron chi connectivity index (χ3n) is 6.70. The van der Waals surface area contributed by atoms with E-state index in [0.717, 1.165) is 18.4 Å². The van der Waals surface area contributed by atoms with Gasteiger partial charge in [0.05, 0.1) is 6.10 Å². The van der Waals surface area contributed by atoms with E-state index in [4.69, 9.17) is 16.3 Å². The summed E-state index contributed by atoms with van der Waals surface area (Å²) in [5.41, 5.74) is 2.46. The molecule has 1 aliphatic rings. The lowest BCUT2D eigenvalue weighted by atomic mass is 10.0. The number of aryl methyl sites for hydroxylation is 1. The summed E-state index contributed by atoms with van der Waals surface area (Å²) < 4.78 is 19.5. The summed E-state index contributed by atoms with van der Waals surface area (Å²) in [5.74, 6) is -0.975. The van der Waals surface area contributed by atoms with Gasteiger partial charge in [0, 0.05) is 29.4 Å². The van der Waals surface area contributed by atoms with Crippen LogP contribution < -0.4 is 10.2 Å². The van der Waals surface area contributed by atoms with Gasteiger partial charge in [0.2, 0.25) is 11.7 Å². The number of ether oxygens (including phenoxy) is 1. The lowest BCUT2D eigenvalue weighted by Crippen LogP contribution is -2.47. The number of carbonyl (C=O) groups is 2. The first-order chi connectivity index (χ1) is 19.4. The van der Waals surface area contributed by atoms with Crippen LogP contribution in [0.1, 0.15) is 30.0 Å². The smallest absolute Gasteiger partial charge is 0.251 e. The molecule has 1 aliphatic heterocycles. The van der Waals surface area contributed by atoms with Gasteiger partial charge in [-0.3, -0.25) is 14.5 Å². The van der Waals surface area contributed by atoms with E-state index in [0.29, 0.717) is 40.8 Å². The maximum absolute atomic E-state index is 14.0. The molecule has 0 bridgehead atoms. The average molecular weight is 563 g/mol. The quantitative estimate of drug-likeness (QED) is 0.322. The first-order valence-corrected chi connectivity index (χ1v) is 13.3. The maximum atomic E-state index is 14.0. The number of rotatable bonds is 9. The molecule has 0 spiro atoms. The van der Waals surface area contributed by atoms with Crippen molar-refractivity contribution in [1.82, 2.24) is 25.5 Å². The van der Waals surface area contributed by atoms with E-state index in [1.165, 1.54) is 34.0 Å². The SMILES string of the molecule is Cc1ccccc1N(C(=O)Cn1nnc(-c2ccc(Cl)cc2)n1)[C@@H](C(=O)NC[C@@H]1CCCO1)c1ccc(F)cc1. The van der Waals surface area contributed by atoms with Gasteiger partial charge in [-0.15, -0.1) is 10.2 Å². The summed E-state index contributed by atoms with van der Waals surface area (Å²) in [6.45, 7) is 2.53. The van der Waals surface area contributed by atoms with Crippen molar-refractivity contribution >= 4 is 29.1 Å². The summed E-state index contributed by atoms with van der Waals surface area (Å²) in [5, 5.41) is 16.0. The lowest BCUT2D eigenvalue weighted by Gasteiger charge is -2.32. The highest BCUT2D eigenvalue weighted by Gasteiger charge is 2.34. The number of benzene rings is 3. The standard InChI is InChI=1S/C29H28ClFN6O3/c1-19-5-2-3-7-25(19)37(26(38)18-36-34-28(33-35-36)21-8-12-22(30)13-9-21)27(20-10-14-23(31)15-11-20)29(39)32-17-24-6-4-16-40-24/h2-3,5,7-15,24,27H,4,6,16-18H2,1H3,(H,32,39)/t24-,27+/m0/s1. The van der Waals surface area contributed by atoms with Gasteiger partial charge in [-0.25, -0.2) is 4.39 Å². The fraction of sp³-hybridized carbons (Fsp3) is 0.276. The van der Waals surface area contributed by atoms with Crippen LogP contribution in [0.15, 0.2) is 72.8 Å². The molecule has 4 aromatic rings. The molecule has 9 nitrogen and oxygen atoms in total. The molecule has 0 saturated carbocycles. The number of para-hydroxylation sites is 1. The Labute approximate surface area is 235 Å². The van der Waals surface area contributed by atoms with Crippen LogP contribution in [0.3, 0.4) is 0 Å². The largest absolute Gasteiger partial charge is 0.376 e. The van der Waals surface area contributed by atoms with Crippen LogP contribution >= 0.6 is 11.6 Å². The van der Waals surface area contributed by atoms with Gasteiger partial charge in [-0.05, 0) is 78.6 Å². The number of tetrazole rings is 1. The van der Waals surface area contributed by atoms with Gasteiger partial charge >= 0.3 is 0 Å². The van der Waals surface area contributed by atoms with Crippen LogP contribution in [0.25, 0.3) is 11.4 Å². The van der Waals surface area contributed by atoms with Crippen LogP contribution in [0.2, 0.25) is 5.02 Å². The normalized spacial score (nSPS) is 15.5.